The lowest BCUT2D eigenvalue weighted by Crippen LogP contribution is -2.55. The van der Waals surface area contributed by atoms with Gasteiger partial charge in [-0.2, -0.15) is 0 Å². The second-order valence-corrected chi connectivity index (χ2v) is 15.7. The summed E-state index contributed by atoms with van der Waals surface area (Å²) in [5.74, 6) is 2.60. The number of hydrogen-bond donors (Lipinski definition) is 2. The molecule has 13 nitrogen and oxygen atoms in total. The number of anilines is 1. The summed E-state index contributed by atoms with van der Waals surface area (Å²) in [6, 6.07) is 37.2. The average Bonchev–Trinajstić information content (AvgIpc) is 3.75. The number of aliphatic hydroxyl groups is 1. The van der Waals surface area contributed by atoms with Crippen molar-refractivity contribution in [2.75, 3.05) is 52.0 Å². The second kappa shape index (κ2) is 18.7. The molecule has 0 bridgehead atoms. The molecule has 6 atom stereocenters. The maximum absolute atomic E-state index is 16.0. The lowest BCUT2D eigenvalue weighted by atomic mass is 9.65. The number of cyclic esters (lactones) is 1. The molecule has 3 aliphatic rings. The van der Waals surface area contributed by atoms with Gasteiger partial charge < -0.3 is 29.8 Å². The number of ether oxygens (including phenoxy) is 4. The number of carbonyl (C=O) groups is 4. The molecule has 3 N–H and O–H groups in total. The van der Waals surface area contributed by atoms with Gasteiger partial charge in [-0.1, -0.05) is 121 Å². The monoisotopic (exact) mass is 848 g/mol. The summed E-state index contributed by atoms with van der Waals surface area (Å²) in [6.45, 7) is 0.535. The number of benzene rings is 5. The van der Waals surface area contributed by atoms with Crippen LogP contribution in [0.5, 0.6) is 5.75 Å². The van der Waals surface area contributed by atoms with Crippen LogP contribution in [0.3, 0.4) is 0 Å². The van der Waals surface area contributed by atoms with Gasteiger partial charge in [-0.3, -0.25) is 24.2 Å². The number of para-hydroxylation sites is 1. The van der Waals surface area contributed by atoms with Gasteiger partial charge in [0.2, 0.25) is 11.8 Å². The maximum atomic E-state index is 16.0. The first kappa shape index (κ1) is 42.9. The van der Waals surface area contributed by atoms with Gasteiger partial charge >= 0.3 is 12.1 Å². The molecule has 3 heterocycles. The quantitative estimate of drug-likeness (QED) is 0.0878. The third-order valence-electron chi connectivity index (χ3n) is 11.9. The van der Waals surface area contributed by atoms with E-state index in [1.165, 1.54) is 7.11 Å². The molecular formula is C50H48N4O9. The first-order valence-corrected chi connectivity index (χ1v) is 20.8. The van der Waals surface area contributed by atoms with Gasteiger partial charge in [-0.05, 0) is 53.6 Å². The van der Waals surface area contributed by atoms with Gasteiger partial charge in [0.15, 0.2) is 0 Å². The first-order valence-electron chi connectivity index (χ1n) is 20.8. The van der Waals surface area contributed by atoms with E-state index in [0.717, 1.165) is 16.0 Å². The molecule has 0 unspecified atom stereocenters. The number of imide groups is 1. The van der Waals surface area contributed by atoms with Crippen molar-refractivity contribution in [2.24, 2.45) is 11.7 Å². The summed E-state index contributed by atoms with van der Waals surface area (Å²) in [5, 5.41) is 9.95. The molecule has 0 saturated carbocycles. The predicted molar refractivity (Wildman–Crippen MR) is 233 cm³/mol. The van der Waals surface area contributed by atoms with Gasteiger partial charge in [-0.15, -0.1) is 0 Å². The minimum absolute atomic E-state index is 0.0580. The van der Waals surface area contributed by atoms with Crippen molar-refractivity contribution in [3.05, 3.63) is 167 Å². The van der Waals surface area contributed by atoms with Crippen molar-refractivity contribution in [3.63, 3.8) is 0 Å². The normalized spacial score (nSPS) is 22.5. The van der Waals surface area contributed by atoms with Gasteiger partial charge in [0.25, 0.3) is 0 Å². The molecule has 0 aliphatic carbocycles. The highest BCUT2D eigenvalue weighted by Gasteiger charge is 2.75. The topological polar surface area (TPSA) is 161 Å². The number of primary amides is 1. The van der Waals surface area contributed by atoms with Gasteiger partial charge in [0.1, 0.15) is 36.5 Å². The molecule has 2 fully saturated rings. The molecule has 3 amide bonds. The minimum atomic E-state index is -2.08. The highest BCUT2D eigenvalue weighted by molar-refractivity contribution is 6.23. The van der Waals surface area contributed by atoms with Gasteiger partial charge in [0, 0.05) is 24.8 Å². The van der Waals surface area contributed by atoms with Crippen LogP contribution in [0.4, 0.5) is 10.5 Å². The molecular weight excluding hydrogens is 801 g/mol. The fourth-order valence-corrected chi connectivity index (χ4v) is 9.46. The molecule has 0 radical (unpaired) electrons. The lowest BCUT2D eigenvalue weighted by molar-refractivity contribution is -0.178. The number of amides is 3. The number of fused-ring (bicyclic) bond motifs is 3. The number of esters is 1. The Balaban J connectivity index is 1.38. The zero-order chi connectivity index (χ0) is 44.1. The average molecular weight is 849 g/mol. The van der Waals surface area contributed by atoms with Gasteiger partial charge in [-0.25, -0.2) is 9.69 Å². The van der Waals surface area contributed by atoms with Crippen molar-refractivity contribution < 1.29 is 43.2 Å². The van der Waals surface area contributed by atoms with Crippen LogP contribution in [0.2, 0.25) is 0 Å². The summed E-state index contributed by atoms with van der Waals surface area (Å²) in [4.78, 5) is 64.6. The third-order valence-corrected chi connectivity index (χ3v) is 11.9. The van der Waals surface area contributed by atoms with E-state index < -0.39 is 59.4 Å². The molecule has 5 aromatic carbocycles. The highest BCUT2D eigenvalue weighted by Crippen LogP contribution is 2.66. The predicted octanol–water partition coefficient (Wildman–Crippen LogP) is 5.48. The standard InChI is InChI=1S/C50H48N4O9/c1-52(32-34-15-6-3-7-16-34)26-14-17-33-24-25-39-38(31-33)50(48(58)53(39)49(59)62-30-29-60-2)41(46(51)56)43-47(57)63-44(36-20-10-5-11-21-36)42(35-18-8-4-9-19-35)54(43)45(50)37-22-12-13-23-40(37)61-28-27-55/h3-13,15-16,18-25,31,41-45,55H,26-30,32H2,1-2H3,(H2,51,56)/t41-,42-,43-,44+,45+,50-/m0/s1. The molecule has 63 heavy (non-hydrogen) atoms. The Labute approximate surface area is 365 Å². The summed E-state index contributed by atoms with van der Waals surface area (Å²) in [6.07, 6.45) is -1.93. The molecule has 2 saturated heterocycles. The molecule has 13 heteroatoms. The third kappa shape index (κ3) is 7.94. The van der Waals surface area contributed by atoms with E-state index in [-0.39, 0.29) is 43.4 Å². The molecule has 3 aliphatic heterocycles. The number of rotatable bonds is 13. The largest absolute Gasteiger partial charge is 0.491 e. The second-order valence-electron chi connectivity index (χ2n) is 15.7. The number of morpholine rings is 1. The Morgan fingerprint density at radius 1 is 0.841 bits per heavy atom. The van der Waals surface area contributed by atoms with Crippen LogP contribution in [0.1, 0.15) is 51.6 Å². The Hall–Kier alpha value is -6.82. The molecule has 0 aromatic heterocycles. The molecule has 5 aromatic rings. The number of nitrogens with two attached hydrogens (primary N) is 1. The van der Waals surface area contributed by atoms with Crippen molar-refractivity contribution >= 4 is 29.6 Å². The van der Waals surface area contributed by atoms with Gasteiger partial charge in [0.05, 0.1) is 43.4 Å². The van der Waals surface area contributed by atoms with E-state index in [1.807, 2.05) is 103 Å². The Morgan fingerprint density at radius 2 is 1.51 bits per heavy atom. The number of nitrogens with zero attached hydrogens (tertiary/aromatic N) is 3. The fraction of sp³-hybridized carbons (Fsp3) is 0.280. The first-order chi connectivity index (χ1) is 30.7. The number of methoxy groups -OCH3 is 1. The highest BCUT2D eigenvalue weighted by atomic mass is 16.6. The van der Waals surface area contributed by atoms with E-state index in [4.69, 9.17) is 24.7 Å². The maximum Gasteiger partial charge on any atom is 0.421 e. The van der Waals surface area contributed by atoms with E-state index in [0.29, 0.717) is 29.8 Å². The summed E-state index contributed by atoms with van der Waals surface area (Å²) in [5.41, 5.74) is 8.23. The van der Waals surface area contributed by atoms with E-state index >= 15 is 4.79 Å². The fourth-order valence-electron chi connectivity index (χ4n) is 9.46. The Kier molecular flexibility index (Phi) is 12.7. The number of carbonyl (C=O) groups excluding carboxylic acids is 4. The summed E-state index contributed by atoms with van der Waals surface area (Å²) < 4.78 is 23.4. The summed E-state index contributed by atoms with van der Waals surface area (Å²) in [7, 11) is 3.42. The van der Waals surface area contributed by atoms with Crippen LogP contribution in [0.15, 0.2) is 133 Å². The molecule has 8 rings (SSSR count). The van der Waals surface area contributed by atoms with Crippen LogP contribution in [0.25, 0.3) is 0 Å². The van der Waals surface area contributed by atoms with E-state index in [1.54, 1.807) is 42.5 Å². The van der Waals surface area contributed by atoms with Crippen molar-refractivity contribution in [3.8, 4) is 17.6 Å². The molecule has 1 spiro atoms. The van der Waals surface area contributed by atoms with Crippen LogP contribution in [-0.2, 0) is 40.6 Å². The van der Waals surface area contributed by atoms with Crippen LogP contribution in [0, 0.1) is 17.8 Å². The van der Waals surface area contributed by atoms with Crippen LogP contribution in [-0.4, -0.2) is 92.0 Å². The smallest absolute Gasteiger partial charge is 0.421 e. The molecule has 322 valence electrons. The van der Waals surface area contributed by atoms with Crippen molar-refractivity contribution in [1.82, 2.24) is 9.80 Å². The minimum Gasteiger partial charge on any atom is -0.491 e. The summed E-state index contributed by atoms with van der Waals surface area (Å²) >= 11 is 0. The van der Waals surface area contributed by atoms with Crippen molar-refractivity contribution in [1.29, 1.82) is 0 Å². The zero-order valence-electron chi connectivity index (χ0n) is 35.0. The number of hydrogen-bond acceptors (Lipinski definition) is 11. The Bertz CT molecular complexity index is 2530. The van der Waals surface area contributed by atoms with E-state index in [9.17, 15) is 19.5 Å². The Morgan fingerprint density at radius 3 is 2.19 bits per heavy atom. The van der Waals surface area contributed by atoms with Crippen LogP contribution < -0.4 is 15.4 Å². The number of aliphatic hydroxyl groups excluding tert-OH is 1. The van der Waals surface area contributed by atoms with Crippen LogP contribution >= 0.6 is 0 Å². The SMILES string of the molecule is COCCOC(=O)N1C(=O)[C@@]2(c3cc(C#CCN(C)Cc4ccccc4)ccc31)[C@H](C(N)=O)[C@H]1C(=O)O[C@H](c3ccccc3)[C@H](c3ccccc3)N1[C@@H]2c1ccccc1OCCO. The van der Waals surface area contributed by atoms with E-state index in [2.05, 4.69) is 16.7 Å². The zero-order valence-corrected chi connectivity index (χ0v) is 35.0. The van der Waals surface area contributed by atoms with Crippen molar-refractivity contribution in [2.45, 2.75) is 36.2 Å². The lowest BCUT2D eigenvalue weighted by Gasteiger charge is -2.46.